The van der Waals surface area contributed by atoms with Crippen LogP contribution in [0.25, 0.3) is 10.6 Å². The summed E-state index contributed by atoms with van der Waals surface area (Å²) >= 11 is 1.48. The van der Waals surface area contributed by atoms with Crippen LogP contribution in [0, 0.1) is 11.6 Å². The van der Waals surface area contributed by atoms with E-state index in [9.17, 15) is 8.78 Å². The summed E-state index contributed by atoms with van der Waals surface area (Å²) < 4.78 is 25.9. The first-order valence-electron chi connectivity index (χ1n) is 5.70. The number of hydrogen-bond acceptors (Lipinski definition) is 3. The van der Waals surface area contributed by atoms with E-state index in [1.807, 2.05) is 0 Å². The van der Waals surface area contributed by atoms with Gasteiger partial charge >= 0.3 is 0 Å². The van der Waals surface area contributed by atoms with E-state index in [0.717, 1.165) is 17.5 Å². The highest BCUT2D eigenvalue weighted by molar-refractivity contribution is 7.15. The second-order valence-corrected chi connectivity index (χ2v) is 5.41. The lowest BCUT2D eigenvalue weighted by Crippen LogP contribution is -2.21. The Hall–Kier alpha value is -1.33. The molecular weight excluding hydrogens is 254 g/mol. The highest BCUT2D eigenvalue weighted by Gasteiger charge is 2.08. The maximum atomic E-state index is 13.1. The molecule has 0 aliphatic rings. The molecule has 0 saturated heterocycles. The van der Waals surface area contributed by atoms with Crippen LogP contribution >= 0.6 is 11.3 Å². The van der Waals surface area contributed by atoms with E-state index in [1.54, 1.807) is 6.20 Å². The van der Waals surface area contributed by atoms with Crippen molar-refractivity contribution in [1.82, 2.24) is 10.3 Å². The molecule has 2 rings (SSSR count). The zero-order chi connectivity index (χ0) is 13.1. The summed E-state index contributed by atoms with van der Waals surface area (Å²) in [4.78, 5) is 5.30. The van der Waals surface area contributed by atoms with Crippen LogP contribution in [0.5, 0.6) is 0 Å². The molecule has 0 spiro atoms. The SMILES string of the molecule is CC(C)NCc1cnc(-c2ccc(F)c(F)c2)s1. The van der Waals surface area contributed by atoms with Gasteiger partial charge in [-0.05, 0) is 18.2 Å². The third-order valence-electron chi connectivity index (χ3n) is 2.40. The molecule has 2 nitrogen and oxygen atoms in total. The van der Waals surface area contributed by atoms with Gasteiger partial charge in [-0.2, -0.15) is 0 Å². The van der Waals surface area contributed by atoms with Gasteiger partial charge in [-0.25, -0.2) is 13.8 Å². The minimum Gasteiger partial charge on any atom is -0.310 e. The van der Waals surface area contributed by atoms with Crippen LogP contribution in [0.3, 0.4) is 0 Å². The fourth-order valence-corrected chi connectivity index (χ4v) is 2.32. The first kappa shape index (κ1) is 13.1. The molecule has 0 fully saturated rings. The van der Waals surface area contributed by atoms with Gasteiger partial charge < -0.3 is 5.32 Å². The zero-order valence-corrected chi connectivity index (χ0v) is 11.0. The number of thiazole rings is 1. The topological polar surface area (TPSA) is 24.9 Å². The van der Waals surface area contributed by atoms with Gasteiger partial charge in [0.1, 0.15) is 5.01 Å². The maximum absolute atomic E-state index is 13.1. The Morgan fingerprint density at radius 1 is 1.28 bits per heavy atom. The summed E-state index contributed by atoms with van der Waals surface area (Å²) in [5.41, 5.74) is 0.606. The Morgan fingerprint density at radius 3 is 2.72 bits per heavy atom. The molecule has 0 saturated carbocycles. The molecule has 0 atom stereocenters. The largest absolute Gasteiger partial charge is 0.310 e. The highest BCUT2D eigenvalue weighted by Crippen LogP contribution is 2.26. The highest BCUT2D eigenvalue weighted by atomic mass is 32.1. The second-order valence-electron chi connectivity index (χ2n) is 4.30. The lowest BCUT2D eigenvalue weighted by molar-refractivity contribution is 0.509. The molecule has 0 radical (unpaired) electrons. The average Bonchev–Trinajstić information content (AvgIpc) is 2.79. The van der Waals surface area contributed by atoms with E-state index in [0.29, 0.717) is 16.6 Å². The summed E-state index contributed by atoms with van der Waals surface area (Å²) in [5.74, 6) is -1.68. The van der Waals surface area contributed by atoms with Crippen molar-refractivity contribution in [3.8, 4) is 10.6 Å². The van der Waals surface area contributed by atoms with Crippen LogP contribution in [0.4, 0.5) is 8.78 Å². The van der Waals surface area contributed by atoms with Crippen LogP contribution in [-0.4, -0.2) is 11.0 Å². The Balaban J connectivity index is 2.16. The van der Waals surface area contributed by atoms with E-state index >= 15 is 0 Å². The van der Waals surface area contributed by atoms with Gasteiger partial charge in [0.15, 0.2) is 11.6 Å². The number of nitrogens with zero attached hydrogens (tertiary/aromatic N) is 1. The molecule has 18 heavy (non-hydrogen) atoms. The number of hydrogen-bond donors (Lipinski definition) is 1. The lowest BCUT2D eigenvalue weighted by atomic mass is 10.2. The summed E-state index contributed by atoms with van der Waals surface area (Å²) in [6.45, 7) is 4.87. The fraction of sp³-hybridized carbons (Fsp3) is 0.308. The monoisotopic (exact) mass is 268 g/mol. The van der Waals surface area contributed by atoms with Gasteiger partial charge in [0.05, 0.1) is 0 Å². The van der Waals surface area contributed by atoms with Crippen molar-refractivity contribution >= 4 is 11.3 Å². The number of halogens is 2. The van der Waals surface area contributed by atoms with Crippen molar-refractivity contribution in [3.05, 3.63) is 40.9 Å². The van der Waals surface area contributed by atoms with E-state index in [4.69, 9.17) is 0 Å². The van der Waals surface area contributed by atoms with Gasteiger partial charge in [-0.15, -0.1) is 11.3 Å². The summed E-state index contributed by atoms with van der Waals surface area (Å²) in [6.07, 6.45) is 1.76. The quantitative estimate of drug-likeness (QED) is 0.916. The van der Waals surface area contributed by atoms with Gasteiger partial charge in [0.2, 0.25) is 0 Å². The summed E-state index contributed by atoms with van der Waals surface area (Å²) in [6, 6.07) is 4.24. The molecule has 2 aromatic rings. The number of benzene rings is 1. The van der Waals surface area contributed by atoms with Gasteiger partial charge in [0.25, 0.3) is 0 Å². The smallest absolute Gasteiger partial charge is 0.159 e. The zero-order valence-electron chi connectivity index (χ0n) is 10.2. The van der Waals surface area contributed by atoms with Crippen molar-refractivity contribution in [2.45, 2.75) is 26.4 Å². The summed E-state index contributed by atoms with van der Waals surface area (Å²) in [7, 11) is 0. The van der Waals surface area contributed by atoms with Crippen molar-refractivity contribution < 1.29 is 8.78 Å². The van der Waals surface area contributed by atoms with Crippen molar-refractivity contribution in [2.75, 3.05) is 0 Å². The minimum atomic E-state index is -0.843. The average molecular weight is 268 g/mol. The van der Waals surface area contributed by atoms with Crippen LogP contribution < -0.4 is 5.32 Å². The molecule has 0 aliphatic carbocycles. The molecule has 1 aromatic heterocycles. The van der Waals surface area contributed by atoms with E-state index in [2.05, 4.69) is 24.1 Å². The number of rotatable bonds is 4. The van der Waals surface area contributed by atoms with E-state index in [1.165, 1.54) is 23.5 Å². The Morgan fingerprint density at radius 2 is 2.06 bits per heavy atom. The third kappa shape index (κ3) is 3.11. The molecule has 1 heterocycles. The molecular formula is C13H14F2N2S. The molecule has 1 N–H and O–H groups in total. The van der Waals surface area contributed by atoms with Crippen molar-refractivity contribution in [2.24, 2.45) is 0 Å². The predicted octanol–water partition coefficient (Wildman–Crippen LogP) is 3.59. The predicted molar refractivity (Wildman–Crippen MR) is 69.4 cm³/mol. The maximum Gasteiger partial charge on any atom is 0.159 e. The third-order valence-corrected chi connectivity index (χ3v) is 3.45. The Bertz CT molecular complexity index is 538. The standard InChI is InChI=1S/C13H14F2N2S/c1-8(2)16-6-10-7-17-13(18-10)9-3-4-11(14)12(15)5-9/h3-5,7-8,16H,6H2,1-2H3. The molecule has 1 aromatic carbocycles. The molecule has 0 bridgehead atoms. The van der Waals surface area contributed by atoms with E-state index < -0.39 is 11.6 Å². The van der Waals surface area contributed by atoms with Crippen LogP contribution in [-0.2, 0) is 6.54 Å². The normalized spacial score (nSPS) is 11.2. The lowest BCUT2D eigenvalue weighted by Gasteiger charge is -2.04. The summed E-state index contributed by atoms with van der Waals surface area (Å²) in [5, 5.41) is 3.99. The first-order chi connectivity index (χ1) is 8.56. The second kappa shape index (κ2) is 5.54. The van der Waals surface area contributed by atoms with Crippen molar-refractivity contribution in [3.63, 3.8) is 0 Å². The van der Waals surface area contributed by atoms with E-state index in [-0.39, 0.29) is 0 Å². The molecule has 0 amide bonds. The molecule has 0 unspecified atom stereocenters. The van der Waals surface area contributed by atoms with Gasteiger partial charge in [-0.3, -0.25) is 0 Å². The fourth-order valence-electron chi connectivity index (χ4n) is 1.46. The molecule has 0 aliphatic heterocycles. The number of aromatic nitrogens is 1. The van der Waals surface area contributed by atoms with Crippen LogP contribution in [0.2, 0.25) is 0 Å². The number of nitrogens with one attached hydrogen (secondary N) is 1. The van der Waals surface area contributed by atoms with Gasteiger partial charge in [0, 0.05) is 29.2 Å². The van der Waals surface area contributed by atoms with Crippen LogP contribution in [0.1, 0.15) is 18.7 Å². The Kier molecular flexibility index (Phi) is 4.04. The van der Waals surface area contributed by atoms with Crippen molar-refractivity contribution in [1.29, 1.82) is 0 Å². The molecule has 96 valence electrons. The van der Waals surface area contributed by atoms with Gasteiger partial charge in [-0.1, -0.05) is 13.8 Å². The Labute approximate surface area is 109 Å². The first-order valence-corrected chi connectivity index (χ1v) is 6.51. The molecule has 5 heteroatoms. The van der Waals surface area contributed by atoms with Crippen LogP contribution in [0.15, 0.2) is 24.4 Å². The minimum absolute atomic E-state index is 0.402.